The van der Waals surface area contributed by atoms with Gasteiger partial charge in [-0.05, 0) is 75.3 Å². The van der Waals surface area contributed by atoms with Gasteiger partial charge >= 0.3 is 12.1 Å². The van der Waals surface area contributed by atoms with Crippen molar-refractivity contribution in [2.45, 2.75) is 57.2 Å². The Morgan fingerprint density at radius 3 is 2.35 bits per heavy atom. The molecule has 0 radical (unpaired) electrons. The SMILES string of the molecule is CNCC(O)(c1cc2c(c(-c3ccc(F)cc3)n1)OCC2(C)N)C(F)(F)F.COc1cc(C=O)ccc1OCC(C)OC(=O)C(N)C(C)C. The molecule has 15 heteroatoms. The number of hydrogen-bond donors (Lipinski definition) is 4. The number of methoxy groups -OCH3 is 1. The van der Waals surface area contributed by atoms with Crippen LogP contribution in [0.15, 0.2) is 48.5 Å². The minimum absolute atomic E-state index is 0.0107. The lowest BCUT2D eigenvalue weighted by molar-refractivity contribution is -0.265. The number of aliphatic hydroxyl groups is 1. The number of likely N-dealkylation sites (N-methyl/N-ethyl adjacent to an activating group) is 1. The fraction of sp³-hybridized carbons (Fsp3) is 0.441. The number of halogens is 4. The zero-order valence-electron chi connectivity index (χ0n) is 28.1. The van der Waals surface area contributed by atoms with Crippen LogP contribution in [0, 0.1) is 11.7 Å². The molecule has 0 fully saturated rings. The summed E-state index contributed by atoms with van der Waals surface area (Å²) in [5.74, 6) is 0.208. The molecule has 1 aromatic heterocycles. The highest BCUT2D eigenvalue weighted by Gasteiger charge is 2.56. The second kappa shape index (κ2) is 15.9. The first-order chi connectivity index (χ1) is 22.9. The van der Waals surface area contributed by atoms with Gasteiger partial charge in [-0.15, -0.1) is 0 Å². The number of esters is 1. The minimum atomic E-state index is -4.98. The summed E-state index contributed by atoms with van der Waals surface area (Å²) >= 11 is 0. The lowest BCUT2D eigenvalue weighted by Gasteiger charge is -2.31. The van der Waals surface area contributed by atoms with E-state index >= 15 is 0 Å². The van der Waals surface area contributed by atoms with Crippen molar-refractivity contribution in [3.63, 3.8) is 0 Å². The molecule has 49 heavy (non-hydrogen) atoms. The maximum absolute atomic E-state index is 13.7. The lowest BCUT2D eigenvalue weighted by atomic mass is 9.89. The molecular weight excluding hydrogens is 652 g/mol. The van der Waals surface area contributed by atoms with Crippen molar-refractivity contribution in [3.8, 4) is 28.5 Å². The zero-order valence-corrected chi connectivity index (χ0v) is 28.1. The Kier molecular flexibility index (Phi) is 12.7. The third-order valence-electron chi connectivity index (χ3n) is 7.65. The van der Waals surface area contributed by atoms with Gasteiger partial charge in [0.2, 0.25) is 5.60 Å². The van der Waals surface area contributed by atoms with E-state index in [4.69, 9.17) is 30.4 Å². The van der Waals surface area contributed by atoms with Gasteiger partial charge in [-0.3, -0.25) is 9.59 Å². The van der Waals surface area contributed by atoms with Crippen molar-refractivity contribution in [3.05, 3.63) is 71.2 Å². The normalized spacial score (nSPS) is 17.8. The molecule has 0 saturated carbocycles. The lowest BCUT2D eigenvalue weighted by Crippen LogP contribution is -2.50. The average Bonchev–Trinajstić information content (AvgIpc) is 3.36. The number of carbonyl (C=O) groups excluding carboxylic acids is 2. The molecule has 0 aliphatic carbocycles. The van der Waals surface area contributed by atoms with E-state index in [-0.39, 0.29) is 30.6 Å². The van der Waals surface area contributed by atoms with Crippen LogP contribution < -0.4 is 31.0 Å². The van der Waals surface area contributed by atoms with E-state index < -0.39 is 53.5 Å². The summed E-state index contributed by atoms with van der Waals surface area (Å²) in [6, 6.07) is 10.4. The van der Waals surface area contributed by atoms with Crippen molar-refractivity contribution in [2.75, 3.05) is 33.9 Å². The molecule has 1 aliphatic heterocycles. The van der Waals surface area contributed by atoms with Gasteiger partial charge in [0.25, 0.3) is 0 Å². The van der Waals surface area contributed by atoms with Crippen LogP contribution in [0.25, 0.3) is 11.3 Å². The Morgan fingerprint density at radius 1 is 1.14 bits per heavy atom. The van der Waals surface area contributed by atoms with E-state index in [1.807, 2.05) is 13.8 Å². The number of nitrogens with zero attached hydrogens (tertiary/aromatic N) is 1. The van der Waals surface area contributed by atoms with Crippen molar-refractivity contribution < 1.29 is 51.2 Å². The van der Waals surface area contributed by atoms with Crippen molar-refractivity contribution in [1.29, 1.82) is 0 Å². The molecule has 2 aromatic carbocycles. The largest absolute Gasteiger partial charge is 0.493 e. The maximum atomic E-state index is 13.7. The van der Waals surface area contributed by atoms with Crippen molar-refractivity contribution >= 4 is 12.3 Å². The van der Waals surface area contributed by atoms with E-state index in [9.17, 15) is 32.3 Å². The number of nitrogens with two attached hydrogens (primary N) is 2. The Labute approximate surface area is 281 Å². The predicted octanol–water partition coefficient (Wildman–Crippen LogP) is 4.22. The monoisotopic (exact) mass is 694 g/mol. The molecule has 0 spiro atoms. The highest BCUT2D eigenvalue weighted by molar-refractivity contribution is 5.77. The molecule has 0 saturated heterocycles. The van der Waals surface area contributed by atoms with Crippen molar-refractivity contribution in [1.82, 2.24) is 10.3 Å². The van der Waals surface area contributed by atoms with Crippen molar-refractivity contribution in [2.24, 2.45) is 17.4 Å². The van der Waals surface area contributed by atoms with Crippen LogP contribution in [0.3, 0.4) is 0 Å². The number of rotatable bonds is 12. The molecule has 0 amide bonds. The number of alkyl halides is 3. The number of pyridine rings is 1. The topological polar surface area (TPSA) is 168 Å². The summed E-state index contributed by atoms with van der Waals surface area (Å²) < 4.78 is 75.8. The van der Waals surface area contributed by atoms with Gasteiger partial charge in [-0.2, -0.15) is 13.2 Å². The van der Waals surface area contributed by atoms with E-state index in [0.717, 1.165) is 24.5 Å². The average molecular weight is 695 g/mol. The van der Waals surface area contributed by atoms with Crippen LogP contribution in [0.1, 0.15) is 49.3 Å². The number of fused-ring (bicyclic) bond motifs is 1. The number of carbonyl (C=O) groups is 2. The number of nitrogens with one attached hydrogen (secondary N) is 1. The highest BCUT2D eigenvalue weighted by Crippen LogP contribution is 2.46. The standard InChI is InChI=1S/C18H19F4N3O2.C16H23NO5/c1-16(23)9-27-15-12(16)7-13(17(26,8-24-2)18(20,21)22)25-14(15)10-3-5-11(19)6-4-10;1-10(2)15(17)16(19)22-11(3)9-21-13-6-5-12(8-18)7-14(13)20-4/h3-7,24,26H,8-9,23H2,1-2H3;5-8,10-11,15H,9,17H2,1-4H3. The number of hydrogen-bond acceptors (Lipinski definition) is 11. The molecule has 3 aromatic rings. The fourth-order valence-corrected chi connectivity index (χ4v) is 4.68. The number of aldehydes is 1. The van der Waals surface area contributed by atoms with E-state index in [2.05, 4.69) is 10.3 Å². The van der Waals surface area contributed by atoms with Gasteiger partial charge in [-0.1, -0.05) is 13.8 Å². The van der Waals surface area contributed by atoms with E-state index in [0.29, 0.717) is 28.2 Å². The van der Waals surface area contributed by atoms with Gasteiger partial charge in [0.15, 0.2) is 17.2 Å². The Hall–Kier alpha value is -4.31. The zero-order chi connectivity index (χ0) is 36.7. The third kappa shape index (κ3) is 9.23. The van der Waals surface area contributed by atoms with E-state index in [1.54, 1.807) is 32.0 Å². The molecule has 268 valence electrons. The second-order valence-corrected chi connectivity index (χ2v) is 12.2. The van der Waals surface area contributed by atoms with Gasteiger partial charge in [0.1, 0.15) is 43.2 Å². The highest BCUT2D eigenvalue weighted by atomic mass is 19.4. The summed E-state index contributed by atoms with van der Waals surface area (Å²) in [5.41, 5.74) is 8.19. The van der Waals surface area contributed by atoms with Crippen LogP contribution >= 0.6 is 0 Å². The van der Waals surface area contributed by atoms with E-state index in [1.165, 1.54) is 26.3 Å². The van der Waals surface area contributed by atoms with Gasteiger partial charge in [0.05, 0.1) is 18.3 Å². The summed E-state index contributed by atoms with van der Waals surface area (Å²) in [7, 11) is 2.78. The molecular formula is C34H42F4N4O7. The molecule has 2 heterocycles. The third-order valence-corrected chi connectivity index (χ3v) is 7.65. The predicted molar refractivity (Wildman–Crippen MR) is 173 cm³/mol. The fourth-order valence-electron chi connectivity index (χ4n) is 4.68. The second-order valence-electron chi connectivity index (χ2n) is 12.2. The van der Waals surface area contributed by atoms with Crippen LogP contribution in [0.5, 0.6) is 17.2 Å². The first-order valence-electron chi connectivity index (χ1n) is 15.3. The smallest absolute Gasteiger partial charge is 0.424 e. The Bertz CT molecular complexity index is 1600. The summed E-state index contributed by atoms with van der Waals surface area (Å²) in [6.07, 6.45) is -4.71. The number of ether oxygens (including phenoxy) is 4. The summed E-state index contributed by atoms with van der Waals surface area (Å²) in [6.45, 7) is 6.44. The molecule has 11 nitrogen and oxygen atoms in total. The number of aromatic nitrogens is 1. The first-order valence-corrected chi connectivity index (χ1v) is 15.3. The van der Waals surface area contributed by atoms with Gasteiger partial charge in [-0.25, -0.2) is 9.37 Å². The minimum Gasteiger partial charge on any atom is -0.493 e. The number of benzene rings is 2. The molecule has 4 rings (SSSR count). The molecule has 4 atom stereocenters. The van der Waals surface area contributed by atoms with Crippen LogP contribution in [-0.4, -0.2) is 74.6 Å². The molecule has 0 bridgehead atoms. The Balaban J connectivity index is 0.000000272. The van der Waals surface area contributed by atoms with Crippen LogP contribution in [-0.2, 0) is 20.7 Å². The maximum Gasteiger partial charge on any atom is 0.424 e. The molecule has 4 unspecified atom stereocenters. The van der Waals surface area contributed by atoms with Gasteiger partial charge < -0.3 is 40.8 Å². The Morgan fingerprint density at radius 2 is 1.80 bits per heavy atom. The quantitative estimate of drug-likeness (QED) is 0.122. The summed E-state index contributed by atoms with van der Waals surface area (Å²) in [5, 5.41) is 12.8. The van der Waals surface area contributed by atoms with Crippen LogP contribution in [0.4, 0.5) is 17.6 Å². The van der Waals surface area contributed by atoms with Gasteiger partial charge in [0, 0.05) is 23.2 Å². The van der Waals surface area contributed by atoms with Crippen LogP contribution in [0.2, 0.25) is 0 Å². The summed E-state index contributed by atoms with van der Waals surface area (Å²) in [4.78, 5) is 26.5. The molecule has 6 N–H and O–H groups in total. The first kappa shape index (κ1) is 39.1. The molecule has 1 aliphatic rings.